The van der Waals surface area contributed by atoms with E-state index in [0.29, 0.717) is 78.3 Å². The van der Waals surface area contributed by atoms with Crippen molar-refractivity contribution in [1.82, 2.24) is 0 Å². The van der Waals surface area contributed by atoms with E-state index in [0.717, 1.165) is 119 Å². The van der Waals surface area contributed by atoms with Crippen molar-refractivity contribution in [2.45, 2.75) is 105 Å². The molecule has 1 aliphatic carbocycles. The van der Waals surface area contributed by atoms with E-state index < -0.39 is 0 Å². The van der Waals surface area contributed by atoms with E-state index in [1.54, 1.807) is 0 Å². The summed E-state index contributed by atoms with van der Waals surface area (Å²) in [5, 5.41) is 0. The zero-order valence-corrected chi connectivity index (χ0v) is 51.9. The summed E-state index contributed by atoms with van der Waals surface area (Å²) in [4.78, 5) is 0. The first kappa shape index (κ1) is 70.9. The van der Waals surface area contributed by atoms with E-state index >= 15 is 0 Å². The summed E-state index contributed by atoms with van der Waals surface area (Å²) in [5.41, 5.74) is 39.4. The monoisotopic (exact) mass is 1140 g/mol. The molecule has 0 aliphatic heterocycles. The highest BCUT2D eigenvalue weighted by atomic mass is 35.5. The van der Waals surface area contributed by atoms with E-state index in [2.05, 4.69) is 133 Å². The normalized spacial score (nSPS) is 12.6. The van der Waals surface area contributed by atoms with Crippen molar-refractivity contribution in [2.24, 2.45) is 22.9 Å². The summed E-state index contributed by atoms with van der Waals surface area (Å²) in [6.07, 6.45) is 6.12. The highest BCUT2D eigenvalue weighted by Gasteiger charge is 2.29. The number of hydrogen-bond donors (Lipinski definition) is 4. The van der Waals surface area contributed by atoms with E-state index in [4.69, 9.17) is 41.9 Å². The number of benzene rings is 4. The molecule has 0 saturated carbocycles. The standard InChI is InChI=1S/C60H100N8O4.4ClH/c1-13-25-69-57-49-29-45(41-65(5,6)21-17-61)30-50(57)38-52-32-47(43-67(9,10)23-19-63)34-54(59(52)71-27-15-3)40-56-36-48(44-68(11,12)24-20-64)35-55(60(56)72-28-16-4)39-53-33-46(42-66(7,8)22-18-62)31-51(37-49)58(53)70-26-14-2;;;;/h29-36H,13-28,37-44,61-64H2,1-12H3;4*1H/q+4;;;;/p-4. The Kier molecular flexibility index (Phi) is 30.7. The number of nitrogens with zero attached hydrogens (tertiary/aromatic N) is 4. The molecule has 0 unspecified atom stereocenters. The lowest BCUT2D eigenvalue weighted by atomic mass is 9.88. The van der Waals surface area contributed by atoms with Gasteiger partial charge in [0.2, 0.25) is 0 Å². The van der Waals surface area contributed by atoms with Crippen LogP contribution in [0.1, 0.15) is 120 Å². The number of fused-ring (bicyclic) bond motifs is 8. The van der Waals surface area contributed by atoms with Gasteiger partial charge >= 0.3 is 0 Å². The van der Waals surface area contributed by atoms with Gasteiger partial charge in [-0.3, -0.25) is 0 Å². The van der Waals surface area contributed by atoms with Crippen LogP contribution >= 0.6 is 0 Å². The Morgan fingerprint density at radius 2 is 0.474 bits per heavy atom. The number of rotatable bonds is 28. The number of halogens is 4. The van der Waals surface area contributed by atoms with Crippen LogP contribution in [0.5, 0.6) is 23.0 Å². The summed E-state index contributed by atoms with van der Waals surface area (Å²) in [6.45, 7) is 20.4. The first-order valence-corrected chi connectivity index (χ1v) is 27.4. The van der Waals surface area contributed by atoms with Crippen molar-refractivity contribution in [3.63, 3.8) is 0 Å². The quantitative estimate of drug-likeness (QED) is 0.0370. The minimum Gasteiger partial charge on any atom is -1.00 e. The minimum absolute atomic E-state index is 0. The number of likely N-dealkylation sites (N-methyl/N-ethyl adjacent to an activating group) is 4. The number of nitrogens with two attached hydrogens (primary N) is 4. The van der Waals surface area contributed by atoms with Crippen LogP contribution in [0.4, 0.5) is 0 Å². The second-order valence-electron chi connectivity index (χ2n) is 23.5. The first-order chi connectivity index (χ1) is 34.2. The molecule has 76 heavy (non-hydrogen) atoms. The fourth-order valence-electron chi connectivity index (χ4n) is 10.8. The van der Waals surface area contributed by atoms with E-state index in [1.165, 1.54) is 66.8 Å². The molecule has 0 saturated heterocycles. The minimum atomic E-state index is 0. The van der Waals surface area contributed by atoms with Gasteiger partial charge < -0.3 is 109 Å². The molecule has 4 aromatic carbocycles. The predicted molar refractivity (Wildman–Crippen MR) is 299 cm³/mol. The van der Waals surface area contributed by atoms with Gasteiger partial charge in [0.25, 0.3) is 0 Å². The van der Waals surface area contributed by atoms with Gasteiger partial charge in [-0.25, -0.2) is 0 Å². The SMILES string of the molecule is CCCOc1c2cc(C[N+](C)(C)CCN)cc1Cc1cc(C[N+](C)(C)CCN)cc(c1OCCC)Cc1cc(C[N+](C)(C)CCN)cc(c1OCCC)Cc1cc(C[N+](C)(C)CCN)cc(c1OCCC)C2.[Cl-].[Cl-].[Cl-].[Cl-]. The molecule has 4 aromatic rings. The Labute approximate surface area is 485 Å². The molecule has 0 fully saturated rings. The zero-order chi connectivity index (χ0) is 52.7. The lowest BCUT2D eigenvalue weighted by Gasteiger charge is -2.31. The molecular weight excluding hydrogens is 1040 g/mol. The fourth-order valence-corrected chi connectivity index (χ4v) is 10.8. The second kappa shape index (κ2) is 32.9. The topological polar surface area (TPSA) is 141 Å². The highest BCUT2D eigenvalue weighted by Crippen LogP contribution is 2.42. The highest BCUT2D eigenvalue weighted by molar-refractivity contribution is 5.58. The van der Waals surface area contributed by atoms with Gasteiger partial charge in [-0.1, -0.05) is 27.7 Å². The predicted octanol–water partition coefficient (Wildman–Crippen LogP) is -4.33. The van der Waals surface area contributed by atoms with Crippen molar-refractivity contribution >= 4 is 0 Å². The summed E-state index contributed by atoms with van der Waals surface area (Å²) in [7, 11) is 18.3. The third-order valence-corrected chi connectivity index (χ3v) is 13.9. The smallest absolute Gasteiger partial charge is 0.126 e. The van der Waals surface area contributed by atoms with Crippen molar-refractivity contribution in [3.05, 3.63) is 115 Å². The number of quaternary nitrogens is 4. The van der Waals surface area contributed by atoms with Gasteiger partial charge in [0.05, 0.1) is 109 Å². The van der Waals surface area contributed by atoms with Gasteiger partial charge in [0, 0.05) is 74.1 Å². The van der Waals surface area contributed by atoms with Gasteiger partial charge in [-0.2, -0.15) is 0 Å². The van der Waals surface area contributed by atoms with Crippen molar-refractivity contribution in [2.75, 3.05) is 135 Å². The van der Waals surface area contributed by atoms with Crippen molar-refractivity contribution in [3.8, 4) is 23.0 Å². The molecule has 5 rings (SSSR count). The molecule has 8 N–H and O–H groups in total. The van der Waals surface area contributed by atoms with Crippen LogP contribution in [-0.2, 0) is 51.9 Å². The summed E-state index contributed by atoms with van der Waals surface area (Å²) in [6, 6.07) is 19.3. The lowest BCUT2D eigenvalue weighted by Crippen LogP contribution is -3.00. The molecule has 0 heterocycles. The Bertz CT molecular complexity index is 1960. The zero-order valence-electron chi connectivity index (χ0n) is 48.8. The van der Waals surface area contributed by atoms with E-state index in [-0.39, 0.29) is 49.6 Å². The Balaban J connectivity index is 0.00000722. The maximum atomic E-state index is 7.06. The van der Waals surface area contributed by atoms with E-state index in [9.17, 15) is 0 Å². The molecule has 12 nitrogen and oxygen atoms in total. The molecule has 0 atom stereocenters. The van der Waals surface area contributed by atoms with Gasteiger partial charge in [0.15, 0.2) is 0 Å². The molecule has 0 radical (unpaired) electrons. The van der Waals surface area contributed by atoms with Gasteiger partial charge in [0.1, 0.15) is 49.2 Å². The van der Waals surface area contributed by atoms with Crippen LogP contribution in [0.15, 0.2) is 48.5 Å². The summed E-state index contributed by atoms with van der Waals surface area (Å²) < 4.78 is 31.3. The molecular formula is C60H100Cl4N8O4. The Morgan fingerprint density at radius 1 is 0.316 bits per heavy atom. The average molecular weight is 1140 g/mol. The van der Waals surface area contributed by atoms with Crippen LogP contribution in [0.3, 0.4) is 0 Å². The third-order valence-electron chi connectivity index (χ3n) is 13.9. The summed E-state index contributed by atoms with van der Waals surface area (Å²) >= 11 is 0. The van der Waals surface area contributed by atoms with Gasteiger partial charge in [-0.05, 0) is 119 Å². The Hall–Kier alpha value is -3.08. The van der Waals surface area contributed by atoms with Gasteiger partial charge in [-0.15, -0.1) is 0 Å². The first-order valence-electron chi connectivity index (χ1n) is 27.4. The molecule has 8 bridgehead atoms. The number of hydrogen-bond acceptors (Lipinski definition) is 8. The Morgan fingerprint density at radius 3 is 0.605 bits per heavy atom. The van der Waals surface area contributed by atoms with Crippen molar-refractivity contribution in [1.29, 1.82) is 0 Å². The lowest BCUT2D eigenvalue weighted by molar-refractivity contribution is -0.902. The summed E-state index contributed by atoms with van der Waals surface area (Å²) in [5.74, 6) is 3.83. The molecule has 432 valence electrons. The maximum Gasteiger partial charge on any atom is 0.126 e. The second-order valence-corrected chi connectivity index (χ2v) is 23.5. The third kappa shape index (κ3) is 20.9. The maximum absolute atomic E-state index is 7.06. The molecule has 0 spiro atoms. The molecule has 1 aliphatic rings. The average Bonchev–Trinajstić information content (AvgIpc) is 3.27. The van der Waals surface area contributed by atoms with E-state index in [1.807, 2.05) is 0 Å². The van der Waals surface area contributed by atoms with Crippen LogP contribution in [0, 0.1) is 0 Å². The van der Waals surface area contributed by atoms with Crippen LogP contribution in [-0.4, -0.2) is 153 Å². The van der Waals surface area contributed by atoms with Crippen molar-refractivity contribution < 1.29 is 86.5 Å². The molecule has 0 amide bonds. The van der Waals surface area contributed by atoms with Crippen LogP contribution < -0.4 is 91.5 Å². The van der Waals surface area contributed by atoms with Crippen LogP contribution in [0.2, 0.25) is 0 Å². The largest absolute Gasteiger partial charge is 1.00 e. The fraction of sp³-hybridized carbons (Fsp3) is 0.600. The molecule has 16 heteroatoms. The number of ether oxygens (including phenoxy) is 4. The molecule has 0 aromatic heterocycles. The van der Waals surface area contributed by atoms with Crippen LogP contribution in [0.25, 0.3) is 0 Å².